The van der Waals surface area contributed by atoms with E-state index in [2.05, 4.69) is 34.1 Å². The molecule has 0 bridgehead atoms. The first-order valence-corrected chi connectivity index (χ1v) is 10.6. The van der Waals surface area contributed by atoms with Gasteiger partial charge in [-0.3, -0.25) is 19.4 Å². The van der Waals surface area contributed by atoms with Gasteiger partial charge >= 0.3 is 0 Å². The van der Waals surface area contributed by atoms with Crippen molar-refractivity contribution in [2.45, 2.75) is 18.8 Å². The van der Waals surface area contributed by atoms with E-state index in [1.54, 1.807) is 12.1 Å². The molecule has 2 aliphatic heterocycles. The molecule has 0 aromatic heterocycles. The minimum absolute atomic E-state index is 0.0751. The van der Waals surface area contributed by atoms with Crippen LogP contribution in [0.4, 0.5) is 5.69 Å². The Bertz CT molecular complexity index is 865. The van der Waals surface area contributed by atoms with Gasteiger partial charge in [-0.25, -0.2) is 0 Å². The van der Waals surface area contributed by atoms with Gasteiger partial charge in [-0.05, 0) is 42.8 Å². The SMILES string of the molecule is O=C1CC(c2cccc(Cl)c2)C(=O)N1CCCN1CCN(c2ccccc2)CC1. The average Bonchev–Trinajstić information content (AvgIpc) is 3.03. The van der Waals surface area contributed by atoms with Crippen molar-refractivity contribution in [3.8, 4) is 0 Å². The van der Waals surface area contributed by atoms with E-state index in [0.717, 1.165) is 44.7 Å². The number of likely N-dealkylation sites (tertiary alicyclic amines) is 1. The van der Waals surface area contributed by atoms with Crippen LogP contribution in [0.25, 0.3) is 0 Å². The largest absolute Gasteiger partial charge is 0.369 e. The molecule has 2 heterocycles. The number of anilines is 1. The molecule has 4 rings (SSSR count). The van der Waals surface area contributed by atoms with Gasteiger partial charge in [0.1, 0.15) is 0 Å². The van der Waals surface area contributed by atoms with E-state index >= 15 is 0 Å². The predicted molar refractivity (Wildman–Crippen MR) is 115 cm³/mol. The van der Waals surface area contributed by atoms with Crippen molar-refractivity contribution in [3.63, 3.8) is 0 Å². The summed E-state index contributed by atoms with van der Waals surface area (Å²) in [5.74, 6) is -0.560. The van der Waals surface area contributed by atoms with Crippen LogP contribution in [0.5, 0.6) is 0 Å². The van der Waals surface area contributed by atoms with Crippen molar-refractivity contribution in [2.24, 2.45) is 0 Å². The molecule has 29 heavy (non-hydrogen) atoms. The minimum Gasteiger partial charge on any atom is -0.369 e. The lowest BCUT2D eigenvalue weighted by molar-refractivity contribution is -0.138. The summed E-state index contributed by atoms with van der Waals surface area (Å²) in [7, 11) is 0. The molecule has 2 aromatic carbocycles. The topological polar surface area (TPSA) is 43.9 Å². The van der Waals surface area contributed by atoms with Crippen LogP contribution < -0.4 is 4.90 Å². The van der Waals surface area contributed by atoms with E-state index < -0.39 is 5.92 Å². The number of nitrogens with zero attached hydrogens (tertiary/aromatic N) is 3. The van der Waals surface area contributed by atoms with Crippen molar-refractivity contribution in [1.82, 2.24) is 9.80 Å². The van der Waals surface area contributed by atoms with Gasteiger partial charge in [-0.2, -0.15) is 0 Å². The highest BCUT2D eigenvalue weighted by Crippen LogP contribution is 2.31. The molecule has 2 amide bonds. The first-order chi connectivity index (χ1) is 14.1. The molecule has 0 spiro atoms. The molecule has 6 heteroatoms. The smallest absolute Gasteiger partial charge is 0.237 e. The van der Waals surface area contributed by atoms with Crippen LogP contribution in [0.15, 0.2) is 54.6 Å². The molecule has 0 aliphatic carbocycles. The Morgan fingerprint density at radius 3 is 2.38 bits per heavy atom. The Morgan fingerprint density at radius 2 is 1.66 bits per heavy atom. The van der Waals surface area contributed by atoms with E-state index in [1.807, 2.05) is 18.2 Å². The maximum Gasteiger partial charge on any atom is 0.237 e. The number of halogens is 1. The van der Waals surface area contributed by atoms with Gasteiger partial charge in [-0.15, -0.1) is 0 Å². The highest BCUT2D eigenvalue weighted by Gasteiger charge is 2.39. The summed E-state index contributed by atoms with van der Waals surface area (Å²) >= 11 is 6.04. The third kappa shape index (κ3) is 4.62. The number of amides is 2. The molecule has 2 fully saturated rings. The predicted octanol–water partition coefficient (Wildman–Crippen LogP) is 3.39. The van der Waals surface area contributed by atoms with Crippen LogP contribution in [0, 0.1) is 0 Å². The summed E-state index contributed by atoms with van der Waals surface area (Å²) in [5, 5.41) is 0.593. The lowest BCUT2D eigenvalue weighted by atomic mass is 9.98. The molecule has 0 N–H and O–H groups in total. The van der Waals surface area contributed by atoms with Gasteiger partial charge in [0.25, 0.3) is 0 Å². The van der Waals surface area contributed by atoms with Crippen molar-refractivity contribution < 1.29 is 9.59 Å². The number of hydrogen-bond donors (Lipinski definition) is 0. The quantitative estimate of drug-likeness (QED) is 0.683. The van der Waals surface area contributed by atoms with Crippen LogP contribution in [0.1, 0.15) is 24.3 Å². The van der Waals surface area contributed by atoms with Crippen LogP contribution in [-0.4, -0.2) is 60.9 Å². The molecule has 1 unspecified atom stereocenters. The second-order valence-corrected chi connectivity index (χ2v) is 8.15. The van der Waals surface area contributed by atoms with E-state index in [-0.39, 0.29) is 18.2 Å². The van der Waals surface area contributed by atoms with Gasteiger partial charge in [0.2, 0.25) is 11.8 Å². The molecule has 1 atom stereocenters. The van der Waals surface area contributed by atoms with Crippen LogP contribution in [0.2, 0.25) is 5.02 Å². The number of carbonyl (C=O) groups is 2. The van der Waals surface area contributed by atoms with Crippen molar-refractivity contribution in [3.05, 3.63) is 65.2 Å². The van der Waals surface area contributed by atoms with E-state index in [0.29, 0.717) is 11.6 Å². The molecule has 2 aliphatic rings. The van der Waals surface area contributed by atoms with Crippen molar-refractivity contribution in [2.75, 3.05) is 44.2 Å². The summed E-state index contributed by atoms with van der Waals surface area (Å²) in [5.41, 5.74) is 2.10. The normalized spacial score (nSPS) is 20.5. The van der Waals surface area contributed by atoms with E-state index in [9.17, 15) is 9.59 Å². The Kier molecular flexibility index (Phi) is 6.16. The standard InChI is InChI=1S/C23H26ClN3O2/c24-19-7-4-6-18(16-19)21-17-22(28)27(23(21)29)11-5-10-25-12-14-26(15-13-25)20-8-2-1-3-9-20/h1-4,6-9,16,21H,5,10-15,17H2. The molecular weight excluding hydrogens is 386 g/mol. The van der Waals surface area contributed by atoms with Crippen molar-refractivity contribution in [1.29, 1.82) is 0 Å². The summed E-state index contributed by atoms with van der Waals surface area (Å²) in [6, 6.07) is 17.7. The fraction of sp³-hybridized carbons (Fsp3) is 0.391. The molecule has 2 aromatic rings. The molecule has 0 radical (unpaired) electrons. The van der Waals surface area contributed by atoms with Crippen LogP contribution >= 0.6 is 11.6 Å². The Hall–Kier alpha value is -2.37. The minimum atomic E-state index is -0.393. The molecular formula is C23H26ClN3O2. The maximum atomic E-state index is 12.8. The maximum absolute atomic E-state index is 12.8. The Labute approximate surface area is 176 Å². The highest BCUT2D eigenvalue weighted by atomic mass is 35.5. The van der Waals surface area contributed by atoms with E-state index in [1.165, 1.54) is 10.6 Å². The number of carbonyl (C=O) groups excluding carboxylic acids is 2. The summed E-state index contributed by atoms with van der Waals surface area (Å²) in [6.07, 6.45) is 1.06. The van der Waals surface area contributed by atoms with Gasteiger partial charge < -0.3 is 4.90 Å². The monoisotopic (exact) mass is 411 g/mol. The lowest BCUT2D eigenvalue weighted by Gasteiger charge is -2.36. The molecule has 5 nitrogen and oxygen atoms in total. The number of rotatable bonds is 6. The zero-order chi connectivity index (χ0) is 20.2. The van der Waals surface area contributed by atoms with Gasteiger partial charge in [0.05, 0.1) is 5.92 Å². The number of imide groups is 1. The van der Waals surface area contributed by atoms with Gasteiger partial charge in [0.15, 0.2) is 0 Å². The first kappa shape index (κ1) is 19.9. The van der Waals surface area contributed by atoms with Gasteiger partial charge in [0, 0.05) is 49.9 Å². The summed E-state index contributed by atoms with van der Waals surface area (Å²) in [4.78, 5) is 31.4. The fourth-order valence-electron chi connectivity index (χ4n) is 4.22. The number of hydrogen-bond acceptors (Lipinski definition) is 4. The van der Waals surface area contributed by atoms with Crippen molar-refractivity contribution >= 4 is 29.1 Å². The second-order valence-electron chi connectivity index (χ2n) is 7.71. The number of piperazine rings is 1. The number of para-hydroxylation sites is 1. The second kappa shape index (κ2) is 8.97. The number of benzene rings is 2. The summed E-state index contributed by atoms with van der Waals surface area (Å²) < 4.78 is 0. The lowest BCUT2D eigenvalue weighted by Crippen LogP contribution is -2.47. The zero-order valence-corrected chi connectivity index (χ0v) is 17.2. The third-order valence-corrected chi connectivity index (χ3v) is 6.08. The van der Waals surface area contributed by atoms with Crippen LogP contribution in [0.3, 0.4) is 0 Å². The Balaban J connectivity index is 1.25. The first-order valence-electron chi connectivity index (χ1n) is 10.2. The van der Waals surface area contributed by atoms with Gasteiger partial charge in [-0.1, -0.05) is 41.9 Å². The highest BCUT2D eigenvalue weighted by molar-refractivity contribution is 6.30. The third-order valence-electron chi connectivity index (χ3n) is 5.84. The molecule has 152 valence electrons. The fourth-order valence-corrected chi connectivity index (χ4v) is 4.42. The average molecular weight is 412 g/mol. The Morgan fingerprint density at radius 1 is 0.897 bits per heavy atom. The van der Waals surface area contributed by atoms with Crippen LogP contribution in [-0.2, 0) is 9.59 Å². The summed E-state index contributed by atoms with van der Waals surface area (Å²) in [6.45, 7) is 5.41. The zero-order valence-electron chi connectivity index (χ0n) is 16.5. The molecule has 2 saturated heterocycles. The van der Waals surface area contributed by atoms with E-state index in [4.69, 9.17) is 11.6 Å². The molecule has 0 saturated carbocycles.